The second kappa shape index (κ2) is 5.05. The highest BCUT2D eigenvalue weighted by Crippen LogP contribution is 2.33. The molecule has 17 heavy (non-hydrogen) atoms. The van der Waals surface area contributed by atoms with Crippen molar-refractivity contribution in [2.24, 2.45) is 0 Å². The van der Waals surface area contributed by atoms with E-state index in [0.29, 0.717) is 21.2 Å². The van der Waals surface area contributed by atoms with Crippen LogP contribution in [-0.2, 0) is 0 Å². The van der Waals surface area contributed by atoms with Crippen LogP contribution in [0.1, 0.15) is 17.2 Å². The van der Waals surface area contributed by atoms with Gasteiger partial charge in [0, 0.05) is 15.6 Å². The van der Waals surface area contributed by atoms with E-state index in [1.165, 1.54) is 18.2 Å². The van der Waals surface area contributed by atoms with E-state index in [4.69, 9.17) is 23.2 Å². The highest BCUT2D eigenvalue weighted by Gasteiger charge is 2.17. The third-order valence-electron chi connectivity index (χ3n) is 2.44. The second-order valence-electron chi connectivity index (χ2n) is 3.59. The summed E-state index contributed by atoms with van der Waals surface area (Å²) in [6, 6.07) is 10.7. The highest BCUT2D eigenvalue weighted by atomic mass is 35.5. The molecule has 0 spiro atoms. The van der Waals surface area contributed by atoms with Gasteiger partial charge in [-0.1, -0.05) is 41.4 Å². The van der Waals surface area contributed by atoms with Crippen LogP contribution in [0.4, 0.5) is 4.39 Å². The van der Waals surface area contributed by atoms with E-state index >= 15 is 0 Å². The molecule has 0 aromatic heterocycles. The van der Waals surface area contributed by atoms with Crippen molar-refractivity contribution in [2.45, 2.75) is 6.10 Å². The van der Waals surface area contributed by atoms with Crippen LogP contribution in [0.15, 0.2) is 42.5 Å². The summed E-state index contributed by atoms with van der Waals surface area (Å²) in [5, 5.41) is 10.9. The topological polar surface area (TPSA) is 20.2 Å². The molecule has 1 unspecified atom stereocenters. The quantitative estimate of drug-likeness (QED) is 0.867. The summed E-state index contributed by atoms with van der Waals surface area (Å²) in [6.45, 7) is 0. The van der Waals surface area contributed by atoms with Crippen LogP contribution in [0.25, 0.3) is 0 Å². The summed E-state index contributed by atoms with van der Waals surface area (Å²) in [4.78, 5) is 0. The maximum absolute atomic E-state index is 13.1. The fraction of sp³-hybridized carbons (Fsp3) is 0.0769. The first-order valence-corrected chi connectivity index (χ1v) is 5.72. The van der Waals surface area contributed by atoms with Crippen LogP contribution in [-0.4, -0.2) is 5.11 Å². The summed E-state index contributed by atoms with van der Waals surface area (Å²) in [6.07, 6.45) is -1.04. The molecule has 0 heterocycles. The van der Waals surface area contributed by atoms with Crippen molar-refractivity contribution >= 4 is 23.2 Å². The lowest BCUT2D eigenvalue weighted by molar-refractivity contribution is 0.220. The molecule has 88 valence electrons. The van der Waals surface area contributed by atoms with Crippen molar-refractivity contribution < 1.29 is 9.50 Å². The number of hydrogen-bond acceptors (Lipinski definition) is 1. The molecule has 2 rings (SSSR count). The van der Waals surface area contributed by atoms with Crippen LogP contribution >= 0.6 is 23.2 Å². The van der Waals surface area contributed by atoms with Crippen molar-refractivity contribution in [3.63, 3.8) is 0 Å². The fourth-order valence-electron chi connectivity index (χ4n) is 1.62. The van der Waals surface area contributed by atoms with E-state index in [1.807, 2.05) is 0 Å². The standard InChI is InChI=1S/C13H9Cl2FO/c14-10-5-2-6-11(15)12(10)13(17)8-3-1-4-9(16)7-8/h1-7,13,17H. The second-order valence-corrected chi connectivity index (χ2v) is 4.41. The molecule has 2 aromatic rings. The van der Waals surface area contributed by atoms with Crippen molar-refractivity contribution in [3.05, 3.63) is 69.5 Å². The minimum absolute atomic E-state index is 0.356. The lowest BCUT2D eigenvalue weighted by atomic mass is 10.0. The Hall–Kier alpha value is -1.09. The predicted octanol–water partition coefficient (Wildman–Crippen LogP) is 4.21. The molecule has 1 N–H and O–H groups in total. The van der Waals surface area contributed by atoms with Crippen molar-refractivity contribution in [1.29, 1.82) is 0 Å². The Kier molecular flexibility index (Phi) is 3.67. The Bertz CT molecular complexity index is 522. The summed E-state index contributed by atoms with van der Waals surface area (Å²) < 4.78 is 13.1. The van der Waals surface area contributed by atoms with Crippen molar-refractivity contribution in [2.75, 3.05) is 0 Å². The van der Waals surface area contributed by atoms with E-state index in [1.54, 1.807) is 24.3 Å². The number of halogens is 3. The van der Waals surface area contributed by atoms with Gasteiger partial charge >= 0.3 is 0 Å². The fourth-order valence-corrected chi connectivity index (χ4v) is 2.22. The van der Waals surface area contributed by atoms with Gasteiger partial charge in [-0.05, 0) is 29.8 Å². The predicted molar refractivity (Wildman–Crippen MR) is 66.9 cm³/mol. The average molecular weight is 271 g/mol. The smallest absolute Gasteiger partial charge is 0.123 e. The first kappa shape index (κ1) is 12.4. The van der Waals surface area contributed by atoms with E-state index in [2.05, 4.69) is 0 Å². The Morgan fingerprint density at radius 3 is 2.18 bits per heavy atom. The molecule has 0 amide bonds. The Morgan fingerprint density at radius 1 is 1.00 bits per heavy atom. The van der Waals surface area contributed by atoms with Crippen LogP contribution in [0.2, 0.25) is 10.0 Å². The summed E-state index contributed by atoms with van der Waals surface area (Å²) in [5.41, 5.74) is 0.807. The zero-order valence-corrected chi connectivity index (χ0v) is 10.2. The molecule has 0 aliphatic rings. The average Bonchev–Trinajstić information content (AvgIpc) is 2.28. The first-order chi connectivity index (χ1) is 8.09. The lowest BCUT2D eigenvalue weighted by Crippen LogP contribution is -2.01. The Morgan fingerprint density at radius 2 is 1.59 bits per heavy atom. The summed E-state index contributed by atoms with van der Waals surface area (Å²) in [5.74, 6) is -0.412. The van der Waals surface area contributed by atoms with Crippen molar-refractivity contribution in [3.8, 4) is 0 Å². The molecule has 0 aliphatic heterocycles. The monoisotopic (exact) mass is 270 g/mol. The Labute approximate surface area is 108 Å². The number of aliphatic hydroxyl groups excluding tert-OH is 1. The van der Waals surface area contributed by atoms with Gasteiger partial charge in [-0.3, -0.25) is 0 Å². The van der Waals surface area contributed by atoms with E-state index in [9.17, 15) is 9.50 Å². The third kappa shape index (κ3) is 2.60. The minimum atomic E-state index is -1.04. The van der Waals surface area contributed by atoms with Gasteiger partial charge in [-0.2, -0.15) is 0 Å². The molecule has 1 atom stereocenters. The summed E-state index contributed by atoms with van der Waals surface area (Å²) in [7, 11) is 0. The van der Waals surface area contributed by atoms with Gasteiger partial charge in [0.15, 0.2) is 0 Å². The van der Waals surface area contributed by atoms with E-state index in [0.717, 1.165) is 0 Å². The van der Waals surface area contributed by atoms with Crippen LogP contribution in [0, 0.1) is 5.82 Å². The first-order valence-electron chi connectivity index (χ1n) is 4.97. The molecule has 0 saturated carbocycles. The Balaban J connectivity index is 2.47. The van der Waals surface area contributed by atoms with Crippen molar-refractivity contribution in [1.82, 2.24) is 0 Å². The molecular formula is C13H9Cl2FO. The molecule has 0 fully saturated rings. The maximum Gasteiger partial charge on any atom is 0.123 e. The third-order valence-corrected chi connectivity index (χ3v) is 3.10. The maximum atomic E-state index is 13.1. The zero-order chi connectivity index (χ0) is 12.4. The molecule has 0 saturated heterocycles. The van der Waals surface area contributed by atoms with Crippen LogP contribution in [0.3, 0.4) is 0 Å². The number of hydrogen-bond donors (Lipinski definition) is 1. The molecular weight excluding hydrogens is 262 g/mol. The number of benzene rings is 2. The van der Waals surface area contributed by atoms with Gasteiger partial charge in [-0.15, -0.1) is 0 Å². The van der Waals surface area contributed by atoms with E-state index < -0.39 is 11.9 Å². The zero-order valence-electron chi connectivity index (χ0n) is 8.70. The molecule has 2 aromatic carbocycles. The van der Waals surface area contributed by atoms with E-state index in [-0.39, 0.29) is 0 Å². The molecule has 0 aliphatic carbocycles. The molecule has 0 bridgehead atoms. The van der Waals surface area contributed by atoms with Gasteiger partial charge in [0.1, 0.15) is 11.9 Å². The van der Waals surface area contributed by atoms with Gasteiger partial charge in [-0.25, -0.2) is 4.39 Å². The van der Waals surface area contributed by atoms with Crippen LogP contribution < -0.4 is 0 Å². The largest absolute Gasteiger partial charge is 0.384 e. The van der Waals surface area contributed by atoms with Gasteiger partial charge in [0.2, 0.25) is 0 Å². The van der Waals surface area contributed by atoms with Crippen LogP contribution in [0.5, 0.6) is 0 Å². The van der Waals surface area contributed by atoms with Gasteiger partial charge < -0.3 is 5.11 Å². The lowest BCUT2D eigenvalue weighted by Gasteiger charge is -2.14. The molecule has 4 heteroatoms. The highest BCUT2D eigenvalue weighted by molar-refractivity contribution is 6.36. The number of aliphatic hydroxyl groups is 1. The molecule has 0 radical (unpaired) electrons. The number of rotatable bonds is 2. The summed E-state index contributed by atoms with van der Waals surface area (Å²) >= 11 is 12.0. The normalized spacial score (nSPS) is 12.5. The molecule has 1 nitrogen and oxygen atoms in total. The van der Waals surface area contributed by atoms with Gasteiger partial charge in [0.25, 0.3) is 0 Å². The minimum Gasteiger partial charge on any atom is -0.384 e. The van der Waals surface area contributed by atoms with Gasteiger partial charge in [0.05, 0.1) is 0 Å². The SMILES string of the molecule is OC(c1cccc(F)c1)c1c(Cl)cccc1Cl.